The van der Waals surface area contributed by atoms with E-state index in [-0.39, 0.29) is 18.2 Å². The van der Waals surface area contributed by atoms with E-state index in [1.165, 1.54) is 23.2 Å². The van der Waals surface area contributed by atoms with Crippen molar-refractivity contribution < 1.29 is 8.68 Å². The van der Waals surface area contributed by atoms with Crippen LogP contribution in [0.4, 0.5) is 9.57 Å². The number of fused-ring (bicyclic) bond motifs is 3. The summed E-state index contributed by atoms with van der Waals surface area (Å²) in [6, 6.07) is 4.72. The molecule has 2 aromatic rings. The molecule has 3 heterocycles. The number of nitriles is 1. The van der Waals surface area contributed by atoms with Crippen LogP contribution in [-0.2, 0) is 0 Å². The molecule has 2 saturated carbocycles. The van der Waals surface area contributed by atoms with Crippen LogP contribution in [0.2, 0.25) is 0 Å². The first-order chi connectivity index (χ1) is 15.0. The highest BCUT2D eigenvalue weighted by molar-refractivity contribution is 7.92. The molecule has 2 fully saturated rings. The monoisotopic (exact) mass is 444 g/mol. The van der Waals surface area contributed by atoms with Crippen LogP contribution in [0.3, 0.4) is 0 Å². The second kappa shape index (κ2) is 9.45. The summed E-state index contributed by atoms with van der Waals surface area (Å²) in [5.74, 6) is 0.0830. The molecule has 31 heavy (non-hydrogen) atoms. The van der Waals surface area contributed by atoms with Gasteiger partial charge in [0.05, 0.1) is 30.5 Å². The highest BCUT2D eigenvalue weighted by Gasteiger charge is 2.41. The number of nitrogens with zero attached hydrogens (tertiary/aromatic N) is 6. The van der Waals surface area contributed by atoms with Crippen LogP contribution in [0.25, 0.3) is 11.0 Å². The second-order valence-corrected chi connectivity index (χ2v) is 9.30. The van der Waals surface area contributed by atoms with Crippen molar-refractivity contribution in [3.8, 4) is 6.07 Å². The van der Waals surface area contributed by atoms with Crippen LogP contribution in [-0.4, -0.2) is 64.1 Å². The quantitative estimate of drug-likeness (QED) is 0.659. The van der Waals surface area contributed by atoms with Gasteiger partial charge < -0.3 is 9.80 Å². The van der Waals surface area contributed by atoms with Gasteiger partial charge in [-0.25, -0.2) is 8.96 Å². The Morgan fingerprint density at radius 3 is 2.48 bits per heavy atom. The molecule has 5 rings (SSSR count). The molecule has 0 saturated heterocycles. The van der Waals surface area contributed by atoms with Crippen molar-refractivity contribution >= 4 is 35.0 Å². The summed E-state index contributed by atoms with van der Waals surface area (Å²) in [5, 5.41) is 8.83. The third-order valence-electron chi connectivity index (χ3n) is 6.20. The number of hydrogen-bond donors (Lipinski definition) is 0. The summed E-state index contributed by atoms with van der Waals surface area (Å²) in [5.41, 5.74) is 2.24. The van der Waals surface area contributed by atoms with E-state index >= 15 is 0 Å². The third kappa shape index (κ3) is 4.51. The topological polar surface area (TPSA) is 68.4 Å². The van der Waals surface area contributed by atoms with Gasteiger partial charge in [0.25, 0.3) is 5.91 Å². The van der Waals surface area contributed by atoms with E-state index in [1.54, 1.807) is 12.4 Å². The zero-order valence-corrected chi connectivity index (χ0v) is 18.9. The lowest BCUT2D eigenvalue weighted by atomic mass is 9.92. The summed E-state index contributed by atoms with van der Waals surface area (Å²) >= 11 is 0.149. The van der Waals surface area contributed by atoms with E-state index in [4.69, 9.17) is 5.26 Å². The molecule has 0 spiro atoms. The SMILES string of the molecule is CN(C)CC#N.O=C1c2cnc3c(ccn3SF)c2N(C2CCCCC2)CN1C1CC1. The molecule has 0 radical (unpaired) electrons. The van der Waals surface area contributed by atoms with Crippen LogP contribution in [0.5, 0.6) is 0 Å². The van der Waals surface area contributed by atoms with Crippen LogP contribution in [0.15, 0.2) is 18.5 Å². The summed E-state index contributed by atoms with van der Waals surface area (Å²) < 4.78 is 14.6. The van der Waals surface area contributed by atoms with Gasteiger partial charge >= 0.3 is 0 Å². The molecule has 2 aliphatic carbocycles. The molecule has 7 nitrogen and oxygen atoms in total. The van der Waals surface area contributed by atoms with Gasteiger partial charge in [0.1, 0.15) is 0 Å². The predicted molar refractivity (Wildman–Crippen MR) is 121 cm³/mol. The molecule has 0 bridgehead atoms. The van der Waals surface area contributed by atoms with Crippen molar-refractivity contribution in [3.63, 3.8) is 0 Å². The van der Waals surface area contributed by atoms with Crippen molar-refractivity contribution in [2.24, 2.45) is 0 Å². The van der Waals surface area contributed by atoms with Gasteiger partial charge in [-0.15, -0.1) is 3.89 Å². The molecular weight excluding hydrogens is 415 g/mol. The van der Waals surface area contributed by atoms with Crippen LogP contribution in [0.1, 0.15) is 55.3 Å². The zero-order chi connectivity index (χ0) is 22.0. The van der Waals surface area contributed by atoms with E-state index in [0.29, 0.717) is 36.5 Å². The Kier molecular flexibility index (Phi) is 6.68. The highest BCUT2D eigenvalue weighted by atomic mass is 32.2. The van der Waals surface area contributed by atoms with Crippen molar-refractivity contribution in [1.82, 2.24) is 18.8 Å². The fourth-order valence-electron chi connectivity index (χ4n) is 4.52. The van der Waals surface area contributed by atoms with Crippen molar-refractivity contribution in [2.45, 2.75) is 57.0 Å². The van der Waals surface area contributed by atoms with Crippen molar-refractivity contribution in [2.75, 3.05) is 32.2 Å². The zero-order valence-electron chi connectivity index (χ0n) is 18.1. The van der Waals surface area contributed by atoms with Gasteiger partial charge in [-0.1, -0.05) is 19.3 Å². The average molecular weight is 445 g/mol. The molecule has 0 N–H and O–H groups in total. The van der Waals surface area contributed by atoms with Gasteiger partial charge in [-0.05, 0) is 45.8 Å². The molecule has 9 heteroatoms. The predicted octanol–water partition coefficient (Wildman–Crippen LogP) is 4.20. The number of pyridine rings is 1. The number of anilines is 1. The van der Waals surface area contributed by atoms with E-state index in [1.807, 2.05) is 36.0 Å². The van der Waals surface area contributed by atoms with Crippen LogP contribution < -0.4 is 4.90 Å². The number of carbonyl (C=O) groups excluding carboxylic acids is 1. The minimum atomic E-state index is 0.0830. The minimum Gasteiger partial charge on any atom is -0.349 e. The first kappa shape index (κ1) is 21.9. The summed E-state index contributed by atoms with van der Waals surface area (Å²) in [7, 11) is 3.73. The normalized spacial score (nSPS) is 19.3. The maximum absolute atomic E-state index is 13.2. The van der Waals surface area contributed by atoms with E-state index < -0.39 is 0 Å². The lowest BCUT2D eigenvalue weighted by molar-refractivity contribution is 0.0720. The summed E-state index contributed by atoms with van der Waals surface area (Å²) in [6.07, 6.45) is 11.6. The van der Waals surface area contributed by atoms with Gasteiger partial charge in [0.2, 0.25) is 0 Å². The average Bonchev–Trinajstić information content (AvgIpc) is 3.53. The maximum atomic E-state index is 13.2. The van der Waals surface area contributed by atoms with E-state index in [0.717, 1.165) is 36.8 Å². The standard InChI is InChI=1S/C18H21FN4OS.C4H8N2/c19-25-23-9-8-14-16-15(10-20-17(14)23)18(24)22(13-6-7-13)11-21(16)12-4-2-1-3-5-12;1-6(2)4-3-5/h8-10,12-13H,1-7,11H2;4H2,1-2H3. The number of aromatic nitrogens is 2. The number of hydrogen-bond acceptors (Lipinski definition) is 6. The molecule has 1 amide bonds. The Bertz CT molecular complexity index is 976. The number of amides is 1. The molecule has 166 valence electrons. The second-order valence-electron chi connectivity index (χ2n) is 8.77. The van der Waals surface area contributed by atoms with Gasteiger partial charge in [-0.2, -0.15) is 5.26 Å². The molecule has 2 aromatic heterocycles. The number of halogens is 1. The number of rotatable bonds is 4. The fourth-order valence-corrected chi connectivity index (χ4v) is 4.84. The van der Waals surface area contributed by atoms with E-state index in [2.05, 4.69) is 9.88 Å². The van der Waals surface area contributed by atoms with Crippen molar-refractivity contribution in [1.29, 1.82) is 5.26 Å². The Morgan fingerprint density at radius 1 is 1.19 bits per heavy atom. The Hall–Kier alpha value is -2.31. The van der Waals surface area contributed by atoms with Gasteiger partial charge in [0, 0.05) is 29.9 Å². The van der Waals surface area contributed by atoms with E-state index in [9.17, 15) is 8.68 Å². The summed E-state index contributed by atoms with van der Waals surface area (Å²) in [6.45, 7) is 1.17. The lowest BCUT2D eigenvalue weighted by Crippen LogP contribution is -2.52. The third-order valence-corrected chi connectivity index (χ3v) is 6.64. The number of carbonyl (C=O) groups is 1. The molecular formula is C22H29FN6OS. The molecule has 0 aromatic carbocycles. The lowest BCUT2D eigenvalue weighted by Gasteiger charge is -2.44. The largest absolute Gasteiger partial charge is 0.349 e. The first-order valence-corrected chi connectivity index (χ1v) is 11.6. The fraction of sp³-hybridized carbons (Fsp3) is 0.591. The summed E-state index contributed by atoms with van der Waals surface area (Å²) in [4.78, 5) is 23.7. The Balaban J connectivity index is 0.000000342. The molecule has 0 unspecified atom stereocenters. The van der Waals surface area contributed by atoms with Crippen LogP contribution >= 0.6 is 12.3 Å². The molecule has 0 atom stereocenters. The van der Waals surface area contributed by atoms with Gasteiger partial charge in [0.15, 0.2) is 18.0 Å². The molecule has 1 aliphatic heterocycles. The smallest absolute Gasteiger partial charge is 0.259 e. The Morgan fingerprint density at radius 2 is 1.90 bits per heavy atom. The first-order valence-electron chi connectivity index (χ1n) is 10.9. The minimum absolute atomic E-state index is 0.0830. The highest BCUT2D eigenvalue weighted by Crippen LogP contribution is 2.41. The maximum Gasteiger partial charge on any atom is 0.259 e. The van der Waals surface area contributed by atoms with Crippen LogP contribution in [0, 0.1) is 11.3 Å². The van der Waals surface area contributed by atoms with Crippen molar-refractivity contribution in [3.05, 3.63) is 24.0 Å². The molecule has 3 aliphatic rings. The van der Waals surface area contributed by atoms with Gasteiger partial charge in [-0.3, -0.25) is 9.69 Å². The Labute approximate surface area is 187 Å².